The van der Waals surface area contributed by atoms with Gasteiger partial charge in [-0.15, -0.1) is 0 Å². The fourth-order valence-corrected chi connectivity index (χ4v) is 2.78. The second kappa shape index (κ2) is 8.17. The van der Waals surface area contributed by atoms with Crippen LogP contribution < -0.4 is 10.1 Å². The van der Waals surface area contributed by atoms with Crippen molar-refractivity contribution in [2.75, 3.05) is 44.8 Å². The molecule has 0 bridgehead atoms. The SMILES string of the molecule is O=C(Nc1ccccc1OC[C@H]1CCCCO1)N1CCOCC1. The molecule has 0 saturated carbocycles. The minimum Gasteiger partial charge on any atom is -0.489 e. The Labute approximate surface area is 136 Å². The molecule has 2 amide bonds. The summed E-state index contributed by atoms with van der Waals surface area (Å²) in [6, 6.07) is 7.41. The topological polar surface area (TPSA) is 60.0 Å². The Morgan fingerprint density at radius 3 is 2.83 bits per heavy atom. The summed E-state index contributed by atoms with van der Waals surface area (Å²) in [4.78, 5) is 14.1. The molecule has 6 nitrogen and oxygen atoms in total. The quantitative estimate of drug-likeness (QED) is 0.926. The van der Waals surface area contributed by atoms with E-state index in [0.717, 1.165) is 19.4 Å². The molecule has 2 aliphatic heterocycles. The lowest BCUT2D eigenvalue weighted by atomic mass is 10.1. The van der Waals surface area contributed by atoms with Crippen molar-refractivity contribution in [2.45, 2.75) is 25.4 Å². The minimum atomic E-state index is -0.113. The van der Waals surface area contributed by atoms with Gasteiger partial charge in [0, 0.05) is 19.7 Å². The zero-order valence-electron chi connectivity index (χ0n) is 13.3. The number of anilines is 1. The third-order valence-corrected chi connectivity index (χ3v) is 4.13. The normalized spacial score (nSPS) is 21.7. The summed E-state index contributed by atoms with van der Waals surface area (Å²) >= 11 is 0. The Kier molecular flexibility index (Phi) is 5.71. The van der Waals surface area contributed by atoms with Gasteiger partial charge in [-0.3, -0.25) is 0 Å². The third-order valence-electron chi connectivity index (χ3n) is 4.13. The Bertz CT molecular complexity index is 511. The van der Waals surface area contributed by atoms with Crippen LogP contribution >= 0.6 is 0 Å². The van der Waals surface area contributed by atoms with Gasteiger partial charge in [-0.25, -0.2) is 4.79 Å². The number of para-hydroxylation sites is 2. The molecule has 1 atom stereocenters. The van der Waals surface area contributed by atoms with Crippen molar-refractivity contribution in [2.24, 2.45) is 0 Å². The van der Waals surface area contributed by atoms with Gasteiger partial charge < -0.3 is 24.4 Å². The lowest BCUT2D eigenvalue weighted by Gasteiger charge is -2.27. The smallest absolute Gasteiger partial charge is 0.322 e. The minimum absolute atomic E-state index is 0.113. The van der Waals surface area contributed by atoms with Gasteiger partial charge in [0.15, 0.2) is 0 Å². The van der Waals surface area contributed by atoms with Crippen LogP contribution in [0.5, 0.6) is 5.75 Å². The molecule has 2 aliphatic rings. The number of nitrogens with zero attached hydrogens (tertiary/aromatic N) is 1. The van der Waals surface area contributed by atoms with Gasteiger partial charge in [-0.1, -0.05) is 12.1 Å². The molecule has 1 aromatic carbocycles. The molecular formula is C17H24N2O4. The molecule has 2 saturated heterocycles. The summed E-state index contributed by atoms with van der Waals surface area (Å²) in [6.07, 6.45) is 3.49. The zero-order chi connectivity index (χ0) is 15.9. The molecule has 2 fully saturated rings. The highest BCUT2D eigenvalue weighted by Crippen LogP contribution is 2.25. The molecule has 2 heterocycles. The second-order valence-electron chi connectivity index (χ2n) is 5.83. The fourth-order valence-electron chi connectivity index (χ4n) is 2.78. The number of nitrogens with one attached hydrogen (secondary N) is 1. The maximum Gasteiger partial charge on any atom is 0.322 e. The van der Waals surface area contributed by atoms with Crippen LogP contribution in [0.4, 0.5) is 10.5 Å². The monoisotopic (exact) mass is 320 g/mol. The average molecular weight is 320 g/mol. The summed E-state index contributed by atoms with van der Waals surface area (Å²) in [5.74, 6) is 0.684. The predicted molar refractivity (Wildman–Crippen MR) is 86.9 cm³/mol. The van der Waals surface area contributed by atoms with Crippen LogP contribution in [0.2, 0.25) is 0 Å². The number of ether oxygens (including phenoxy) is 3. The van der Waals surface area contributed by atoms with E-state index in [9.17, 15) is 4.79 Å². The lowest BCUT2D eigenvalue weighted by molar-refractivity contribution is -0.0109. The Morgan fingerprint density at radius 1 is 1.22 bits per heavy atom. The molecule has 1 N–H and O–H groups in total. The molecule has 1 aromatic rings. The Morgan fingerprint density at radius 2 is 2.04 bits per heavy atom. The van der Waals surface area contributed by atoms with Crippen molar-refractivity contribution in [3.05, 3.63) is 24.3 Å². The van der Waals surface area contributed by atoms with Crippen LogP contribution in [0.15, 0.2) is 24.3 Å². The van der Waals surface area contributed by atoms with Crippen molar-refractivity contribution in [1.82, 2.24) is 4.90 Å². The van der Waals surface area contributed by atoms with Crippen molar-refractivity contribution in [1.29, 1.82) is 0 Å². The number of carbonyl (C=O) groups is 1. The summed E-state index contributed by atoms with van der Waals surface area (Å²) in [6.45, 7) is 3.73. The van der Waals surface area contributed by atoms with Crippen LogP contribution in [0.3, 0.4) is 0 Å². The van der Waals surface area contributed by atoms with Crippen molar-refractivity contribution in [3.63, 3.8) is 0 Å². The van der Waals surface area contributed by atoms with E-state index < -0.39 is 0 Å². The average Bonchev–Trinajstić information content (AvgIpc) is 2.62. The summed E-state index contributed by atoms with van der Waals surface area (Å²) in [7, 11) is 0. The number of carbonyl (C=O) groups excluding carboxylic acids is 1. The zero-order valence-corrected chi connectivity index (χ0v) is 13.3. The van der Waals surface area contributed by atoms with E-state index in [1.807, 2.05) is 24.3 Å². The molecular weight excluding hydrogens is 296 g/mol. The van der Waals surface area contributed by atoms with Crippen molar-refractivity contribution >= 4 is 11.7 Å². The second-order valence-corrected chi connectivity index (χ2v) is 5.83. The van der Waals surface area contributed by atoms with Gasteiger partial charge in [0.05, 0.1) is 25.0 Å². The van der Waals surface area contributed by atoms with E-state index in [1.54, 1.807) is 4.90 Å². The molecule has 0 aliphatic carbocycles. The first-order chi connectivity index (χ1) is 11.3. The molecule has 3 rings (SSSR count). The van der Waals surface area contributed by atoms with E-state index >= 15 is 0 Å². The highest BCUT2D eigenvalue weighted by atomic mass is 16.5. The highest BCUT2D eigenvalue weighted by molar-refractivity contribution is 5.91. The van der Waals surface area contributed by atoms with E-state index in [-0.39, 0.29) is 12.1 Å². The van der Waals surface area contributed by atoms with Crippen LogP contribution in [-0.4, -0.2) is 56.6 Å². The summed E-state index contributed by atoms with van der Waals surface area (Å²) in [5.41, 5.74) is 0.694. The Hall–Kier alpha value is -1.79. The molecule has 0 unspecified atom stereocenters. The van der Waals surface area contributed by atoms with E-state index in [2.05, 4.69) is 5.32 Å². The van der Waals surface area contributed by atoms with Crippen LogP contribution in [0.25, 0.3) is 0 Å². The largest absolute Gasteiger partial charge is 0.489 e. The number of urea groups is 1. The maximum atomic E-state index is 12.3. The lowest BCUT2D eigenvalue weighted by Crippen LogP contribution is -2.43. The van der Waals surface area contributed by atoms with Crippen molar-refractivity contribution < 1.29 is 19.0 Å². The maximum absolute atomic E-state index is 12.3. The van der Waals surface area contributed by atoms with Gasteiger partial charge in [-0.2, -0.15) is 0 Å². The van der Waals surface area contributed by atoms with Gasteiger partial charge in [0.1, 0.15) is 12.4 Å². The molecule has 0 aromatic heterocycles. The highest BCUT2D eigenvalue weighted by Gasteiger charge is 2.19. The standard InChI is InChI=1S/C17H24N2O4/c20-17(19-8-11-21-12-9-19)18-15-6-1-2-7-16(15)23-13-14-5-3-4-10-22-14/h1-2,6-7,14H,3-5,8-13H2,(H,18,20)/t14-/m1/s1. The number of hydrogen-bond donors (Lipinski definition) is 1. The van der Waals surface area contributed by atoms with Gasteiger partial charge in [0.25, 0.3) is 0 Å². The molecule has 0 radical (unpaired) electrons. The first kappa shape index (κ1) is 16.1. The van der Waals surface area contributed by atoms with Gasteiger partial charge in [0.2, 0.25) is 0 Å². The van der Waals surface area contributed by atoms with E-state index in [4.69, 9.17) is 14.2 Å². The van der Waals surface area contributed by atoms with Crippen molar-refractivity contribution in [3.8, 4) is 5.75 Å². The number of morpholine rings is 1. The van der Waals surface area contributed by atoms with E-state index in [0.29, 0.717) is 44.3 Å². The van der Waals surface area contributed by atoms with Crippen LogP contribution in [0, 0.1) is 0 Å². The first-order valence-corrected chi connectivity index (χ1v) is 8.30. The molecule has 23 heavy (non-hydrogen) atoms. The molecule has 6 heteroatoms. The fraction of sp³-hybridized carbons (Fsp3) is 0.588. The number of rotatable bonds is 4. The molecule has 126 valence electrons. The van der Waals surface area contributed by atoms with Gasteiger partial charge in [-0.05, 0) is 31.4 Å². The van der Waals surface area contributed by atoms with E-state index in [1.165, 1.54) is 6.42 Å². The van der Waals surface area contributed by atoms with Crippen LogP contribution in [0.1, 0.15) is 19.3 Å². The third kappa shape index (κ3) is 4.59. The summed E-state index contributed by atoms with van der Waals surface area (Å²) < 4.78 is 16.8. The summed E-state index contributed by atoms with van der Waals surface area (Å²) in [5, 5.41) is 2.93. The first-order valence-electron chi connectivity index (χ1n) is 8.30. The van der Waals surface area contributed by atoms with Gasteiger partial charge >= 0.3 is 6.03 Å². The number of amides is 2. The number of hydrogen-bond acceptors (Lipinski definition) is 4. The predicted octanol–water partition coefficient (Wildman–Crippen LogP) is 2.50. The number of benzene rings is 1. The van der Waals surface area contributed by atoms with Crippen LogP contribution in [-0.2, 0) is 9.47 Å². The Balaban J connectivity index is 1.57. The molecule has 0 spiro atoms.